The number of ether oxygens (including phenoxy) is 2. The fourth-order valence-corrected chi connectivity index (χ4v) is 6.18. The molecule has 0 aromatic heterocycles. The molecule has 0 bridgehead atoms. The zero-order valence-electron chi connectivity index (χ0n) is 36.8. The number of carbonyl (C=O) groups is 2. The van der Waals surface area contributed by atoms with Crippen molar-refractivity contribution in [2.45, 2.75) is 168 Å². The van der Waals surface area contributed by atoms with Gasteiger partial charge in [-0.05, 0) is 77.0 Å². The van der Waals surface area contributed by atoms with E-state index in [-0.39, 0.29) is 26.1 Å². The van der Waals surface area contributed by atoms with E-state index in [9.17, 15) is 19.0 Å². The van der Waals surface area contributed by atoms with Gasteiger partial charge in [-0.25, -0.2) is 0 Å². The Labute approximate surface area is 348 Å². The lowest BCUT2D eigenvalue weighted by Gasteiger charge is -2.28. The minimum atomic E-state index is -4.65. The summed E-state index contributed by atoms with van der Waals surface area (Å²) in [5, 5.41) is 0. The van der Waals surface area contributed by atoms with E-state index in [1.807, 2.05) is 33.3 Å². The Morgan fingerprint density at radius 3 is 1.53 bits per heavy atom. The van der Waals surface area contributed by atoms with Crippen LogP contribution in [0.4, 0.5) is 0 Å². The summed E-state index contributed by atoms with van der Waals surface area (Å²) < 4.78 is 33.8. The van der Waals surface area contributed by atoms with E-state index in [1.165, 1.54) is 64.2 Å². The second kappa shape index (κ2) is 38.9. The molecule has 10 heteroatoms. The summed E-state index contributed by atoms with van der Waals surface area (Å²) in [6.07, 6.45) is 48.0. The van der Waals surface area contributed by atoms with Gasteiger partial charge in [0, 0.05) is 12.8 Å². The van der Waals surface area contributed by atoms with E-state index in [1.54, 1.807) is 0 Å². The molecule has 57 heavy (non-hydrogen) atoms. The average Bonchev–Trinajstić information content (AvgIpc) is 3.16. The number of phosphoric acid groups is 1. The summed E-state index contributed by atoms with van der Waals surface area (Å²) in [6, 6.07) is 0. The highest BCUT2D eigenvalue weighted by Crippen LogP contribution is 2.38. The molecular weight excluding hydrogens is 737 g/mol. The molecule has 0 spiro atoms. The van der Waals surface area contributed by atoms with E-state index >= 15 is 0 Å². The molecule has 0 saturated heterocycles. The Balaban J connectivity index is 4.52. The third-order valence-corrected chi connectivity index (χ3v) is 9.93. The van der Waals surface area contributed by atoms with Crippen molar-refractivity contribution < 1.29 is 42.1 Å². The lowest BCUT2D eigenvalue weighted by Crippen LogP contribution is -2.37. The maximum Gasteiger partial charge on any atom is 0.306 e. The number of unbranched alkanes of at least 4 members (excludes halogenated alkanes) is 13. The van der Waals surface area contributed by atoms with Crippen molar-refractivity contribution in [3.05, 3.63) is 72.9 Å². The van der Waals surface area contributed by atoms with Crippen LogP contribution in [-0.2, 0) is 32.7 Å². The SMILES string of the molecule is CCCCC/C=C/C/C=C/C/C=C/C/C=C/C/C=C/CCC(=O)O[C@H](COC(=O)CCCCCCC/C=C/CCCCCCC)COP(=O)([O-])OCC[N+](C)(C)C. The largest absolute Gasteiger partial charge is 0.756 e. The Hall–Kier alpha value is -2.55. The molecule has 0 rings (SSSR count). The summed E-state index contributed by atoms with van der Waals surface area (Å²) in [5.74, 6) is -0.947. The van der Waals surface area contributed by atoms with Crippen LogP contribution in [0.25, 0.3) is 0 Å². The van der Waals surface area contributed by atoms with Crippen molar-refractivity contribution in [1.82, 2.24) is 0 Å². The fourth-order valence-electron chi connectivity index (χ4n) is 5.45. The molecule has 9 nitrogen and oxygen atoms in total. The number of likely N-dealkylation sites (N-methyl/N-ethyl adjacent to an activating group) is 1. The van der Waals surface area contributed by atoms with Crippen LogP contribution >= 0.6 is 7.82 Å². The Morgan fingerprint density at radius 2 is 0.982 bits per heavy atom. The molecular formula is C47H82NO8P. The second-order valence-corrected chi connectivity index (χ2v) is 17.1. The molecule has 0 fully saturated rings. The number of hydrogen-bond donors (Lipinski definition) is 0. The molecule has 328 valence electrons. The van der Waals surface area contributed by atoms with Crippen LogP contribution in [0.15, 0.2) is 72.9 Å². The lowest BCUT2D eigenvalue weighted by molar-refractivity contribution is -0.870. The third kappa shape index (κ3) is 42.9. The summed E-state index contributed by atoms with van der Waals surface area (Å²) in [7, 11) is 1.11. The molecule has 0 aliphatic rings. The molecule has 0 saturated carbocycles. The lowest BCUT2D eigenvalue weighted by atomic mass is 10.1. The van der Waals surface area contributed by atoms with Gasteiger partial charge < -0.3 is 27.9 Å². The van der Waals surface area contributed by atoms with Gasteiger partial charge in [0.25, 0.3) is 7.82 Å². The first-order valence-corrected chi connectivity index (χ1v) is 23.6. The van der Waals surface area contributed by atoms with Gasteiger partial charge in [-0.15, -0.1) is 0 Å². The number of nitrogens with zero attached hydrogens (tertiary/aromatic N) is 1. The maximum absolute atomic E-state index is 12.6. The molecule has 0 aromatic carbocycles. The first kappa shape index (κ1) is 54.5. The van der Waals surface area contributed by atoms with Gasteiger partial charge in [-0.1, -0.05) is 145 Å². The number of hydrogen-bond acceptors (Lipinski definition) is 8. The van der Waals surface area contributed by atoms with E-state index in [0.29, 0.717) is 23.9 Å². The first-order chi connectivity index (χ1) is 27.5. The molecule has 0 heterocycles. The van der Waals surface area contributed by atoms with Crippen LogP contribution in [0.2, 0.25) is 0 Å². The van der Waals surface area contributed by atoms with Crippen molar-refractivity contribution in [1.29, 1.82) is 0 Å². The number of rotatable bonds is 39. The zero-order chi connectivity index (χ0) is 42.1. The Kier molecular flexibility index (Phi) is 37.2. The summed E-state index contributed by atoms with van der Waals surface area (Å²) in [6.45, 7) is 4.07. The van der Waals surface area contributed by atoms with Gasteiger partial charge >= 0.3 is 11.9 Å². The molecule has 0 aromatic rings. The average molecular weight is 820 g/mol. The van der Waals surface area contributed by atoms with E-state index in [0.717, 1.165) is 57.8 Å². The summed E-state index contributed by atoms with van der Waals surface area (Å²) >= 11 is 0. The van der Waals surface area contributed by atoms with Gasteiger partial charge in [-0.3, -0.25) is 14.2 Å². The van der Waals surface area contributed by atoms with Crippen molar-refractivity contribution in [2.75, 3.05) is 47.5 Å². The molecule has 0 aliphatic heterocycles. The number of allylic oxidation sites excluding steroid dienone is 12. The first-order valence-electron chi connectivity index (χ1n) is 22.1. The maximum atomic E-state index is 12.6. The standard InChI is InChI=1S/C47H82NO8P/c1-6-8-10-12-14-16-18-20-22-23-24-25-26-28-30-32-34-36-38-40-47(50)56-45(44-55-57(51,52)54-42-41-48(3,4)5)43-53-46(49)39-37-35-33-31-29-27-21-19-17-15-13-11-9-7-2/h14,16,19-22,24-25,28,30,34,36,45H,6-13,15,17-18,23,26-27,29,31-33,35,37-44H2,1-5H3/b16-14+,21-19+,22-20+,25-24+,30-28+,36-34+/t45-/m1/s1. The van der Waals surface area contributed by atoms with Gasteiger partial charge in [0.2, 0.25) is 0 Å². The van der Waals surface area contributed by atoms with E-state index in [2.05, 4.69) is 74.6 Å². The van der Waals surface area contributed by atoms with Crippen LogP contribution in [-0.4, -0.2) is 70.0 Å². The third-order valence-electron chi connectivity index (χ3n) is 8.96. The van der Waals surface area contributed by atoms with E-state index < -0.39 is 32.5 Å². The van der Waals surface area contributed by atoms with Crippen molar-refractivity contribution in [2.24, 2.45) is 0 Å². The van der Waals surface area contributed by atoms with E-state index in [4.69, 9.17) is 18.5 Å². The van der Waals surface area contributed by atoms with Gasteiger partial charge in [0.1, 0.15) is 19.8 Å². The normalized spacial score (nSPS) is 14.3. The molecule has 0 radical (unpaired) electrons. The van der Waals surface area contributed by atoms with Gasteiger partial charge in [-0.2, -0.15) is 0 Å². The highest BCUT2D eigenvalue weighted by molar-refractivity contribution is 7.45. The van der Waals surface area contributed by atoms with Gasteiger partial charge in [0.05, 0.1) is 27.7 Å². The highest BCUT2D eigenvalue weighted by Gasteiger charge is 2.21. The second-order valence-electron chi connectivity index (χ2n) is 15.7. The van der Waals surface area contributed by atoms with Crippen LogP contribution < -0.4 is 4.89 Å². The van der Waals surface area contributed by atoms with Gasteiger partial charge in [0.15, 0.2) is 6.10 Å². The highest BCUT2D eigenvalue weighted by atomic mass is 31.2. The molecule has 0 amide bonds. The number of quaternary nitrogens is 1. The molecule has 0 aliphatic carbocycles. The Bertz CT molecular complexity index is 1200. The number of phosphoric ester groups is 1. The number of carbonyl (C=O) groups excluding carboxylic acids is 2. The van der Waals surface area contributed by atoms with Crippen LogP contribution in [0, 0.1) is 0 Å². The smallest absolute Gasteiger partial charge is 0.306 e. The van der Waals surface area contributed by atoms with Crippen molar-refractivity contribution in [3.8, 4) is 0 Å². The zero-order valence-corrected chi connectivity index (χ0v) is 37.7. The topological polar surface area (TPSA) is 111 Å². The van der Waals surface area contributed by atoms with Crippen LogP contribution in [0.3, 0.4) is 0 Å². The fraction of sp³-hybridized carbons (Fsp3) is 0.702. The summed E-state index contributed by atoms with van der Waals surface area (Å²) in [5.41, 5.74) is 0. The quantitative estimate of drug-likeness (QED) is 0.0198. The Morgan fingerprint density at radius 1 is 0.544 bits per heavy atom. The predicted octanol–water partition coefficient (Wildman–Crippen LogP) is 12.0. The predicted molar refractivity (Wildman–Crippen MR) is 236 cm³/mol. The molecule has 0 N–H and O–H groups in total. The summed E-state index contributed by atoms with van der Waals surface area (Å²) in [4.78, 5) is 37.5. The minimum absolute atomic E-state index is 0.0486. The van der Waals surface area contributed by atoms with Crippen LogP contribution in [0.5, 0.6) is 0 Å². The van der Waals surface area contributed by atoms with Crippen molar-refractivity contribution >= 4 is 19.8 Å². The molecule has 1 unspecified atom stereocenters. The molecule has 2 atom stereocenters. The van der Waals surface area contributed by atoms with Crippen molar-refractivity contribution in [3.63, 3.8) is 0 Å². The number of esters is 2. The minimum Gasteiger partial charge on any atom is -0.756 e. The monoisotopic (exact) mass is 820 g/mol. The van der Waals surface area contributed by atoms with Crippen LogP contribution in [0.1, 0.15) is 162 Å².